The lowest BCUT2D eigenvalue weighted by Crippen LogP contribution is -2.44. The SMILES string of the molecule is CCCNC1COCC1C(=O)NCc1ccccc1. The van der Waals surface area contributed by atoms with Gasteiger partial charge in [0.1, 0.15) is 0 Å². The fourth-order valence-corrected chi connectivity index (χ4v) is 2.26. The van der Waals surface area contributed by atoms with Crippen molar-refractivity contribution in [2.24, 2.45) is 5.92 Å². The molecule has 0 spiro atoms. The Morgan fingerprint density at radius 3 is 2.84 bits per heavy atom. The summed E-state index contributed by atoms with van der Waals surface area (Å²) in [4.78, 5) is 12.2. The van der Waals surface area contributed by atoms with E-state index < -0.39 is 0 Å². The Balaban J connectivity index is 1.82. The van der Waals surface area contributed by atoms with Crippen molar-refractivity contribution in [3.63, 3.8) is 0 Å². The van der Waals surface area contributed by atoms with E-state index in [1.807, 2.05) is 30.3 Å². The molecule has 2 atom stereocenters. The van der Waals surface area contributed by atoms with Gasteiger partial charge in [0.15, 0.2) is 0 Å². The van der Waals surface area contributed by atoms with Gasteiger partial charge in [-0.2, -0.15) is 0 Å². The summed E-state index contributed by atoms with van der Waals surface area (Å²) in [7, 11) is 0. The van der Waals surface area contributed by atoms with Crippen molar-refractivity contribution in [1.29, 1.82) is 0 Å². The maximum Gasteiger partial charge on any atom is 0.227 e. The largest absolute Gasteiger partial charge is 0.379 e. The zero-order valence-corrected chi connectivity index (χ0v) is 11.4. The second-order valence-corrected chi connectivity index (χ2v) is 4.91. The summed E-state index contributed by atoms with van der Waals surface area (Å²) < 4.78 is 5.42. The van der Waals surface area contributed by atoms with Crippen molar-refractivity contribution in [2.45, 2.75) is 25.9 Å². The number of hydrogen-bond acceptors (Lipinski definition) is 3. The van der Waals surface area contributed by atoms with Gasteiger partial charge in [0, 0.05) is 12.6 Å². The number of nitrogens with one attached hydrogen (secondary N) is 2. The van der Waals surface area contributed by atoms with Gasteiger partial charge in [-0.3, -0.25) is 4.79 Å². The van der Waals surface area contributed by atoms with Crippen LogP contribution >= 0.6 is 0 Å². The summed E-state index contributed by atoms with van der Waals surface area (Å²) in [6.45, 7) is 4.77. The average Bonchev–Trinajstić information content (AvgIpc) is 2.92. The number of carbonyl (C=O) groups is 1. The van der Waals surface area contributed by atoms with Gasteiger partial charge < -0.3 is 15.4 Å². The van der Waals surface area contributed by atoms with Crippen molar-refractivity contribution in [3.05, 3.63) is 35.9 Å². The normalized spacial score (nSPS) is 22.4. The van der Waals surface area contributed by atoms with E-state index >= 15 is 0 Å². The van der Waals surface area contributed by atoms with Crippen LogP contribution in [0.15, 0.2) is 30.3 Å². The molecule has 1 heterocycles. The fourth-order valence-electron chi connectivity index (χ4n) is 2.26. The lowest BCUT2D eigenvalue weighted by Gasteiger charge is -2.18. The highest BCUT2D eigenvalue weighted by Gasteiger charge is 2.33. The third kappa shape index (κ3) is 4.04. The highest BCUT2D eigenvalue weighted by atomic mass is 16.5. The Bertz CT molecular complexity index is 394. The van der Waals surface area contributed by atoms with Gasteiger partial charge in [-0.25, -0.2) is 0 Å². The predicted molar refractivity (Wildman–Crippen MR) is 74.7 cm³/mol. The Morgan fingerprint density at radius 1 is 1.32 bits per heavy atom. The smallest absolute Gasteiger partial charge is 0.227 e. The highest BCUT2D eigenvalue weighted by Crippen LogP contribution is 2.14. The molecule has 1 fully saturated rings. The van der Waals surface area contributed by atoms with Crippen LogP contribution in [0.5, 0.6) is 0 Å². The summed E-state index contributed by atoms with van der Waals surface area (Å²) in [5.74, 6) is 0.00483. The van der Waals surface area contributed by atoms with Crippen LogP contribution < -0.4 is 10.6 Å². The van der Waals surface area contributed by atoms with E-state index in [1.54, 1.807) is 0 Å². The van der Waals surface area contributed by atoms with Gasteiger partial charge in [0.05, 0.1) is 19.1 Å². The van der Waals surface area contributed by atoms with Gasteiger partial charge in [-0.15, -0.1) is 0 Å². The highest BCUT2D eigenvalue weighted by molar-refractivity contribution is 5.79. The van der Waals surface area contributed by atoms with E-state index in [-0.39, 0.29) is 17.9 Å². The van der Waals surface area contributed by atoms with E-state index in [0.717, 1.165) is 18.5 Å². The van der Waals surface area contributed by atoms with Gasteiger partial charge in [0.25, 0.3) is 0 Å². The fraction of sp³-hybridized carbons (Fsp3) is 0.533. The molecule has 2 unspecified atom stereocenters. The molecule has 104 valence electrons. The first kappa shape index (κ1) is 14.0. The molecule has 1 aliphatic heterocycles. The molecule has 4 nitrogen and oxygen atoms in total. The molecule has 4 heteroatoms. The standard InChI is InChI=1S/C15H22N2O2/c1-2-8-16-14-11-19-10-13(14)15(18)17-9-12-6-4-3-5-7-12/h3-7,13-14,16H,2,8-11H2,1H3,(H,17,18). The van der Waals surface area contributed by atoms with Crippen molar-refractivity contribution in [3.8, 4) is 0 Å². The Labute approximate surface area is 114 Å². The van der Waals surface area contributed by atoms with Crippen LogP contribution in [0.3, 0.4) is 0 Å². The quantitative estimate of drug-likeness (QED) is 0.813. The molecule has 1 amide bonds. The summed E-state index contributed by atoms with van der Waals surface area (Å²) >= 11 is 0. The predicted octanol–water partition coefficient (Wildman–Crippen LogP) is 1.32. The first-order valence-electron chi connectivity index (χ1n) is 6.94. The summed E-state index contributed by atoms with van der Waals surface area (Å²) in [6, 6.07) is 10.1. The van der Waals surface area contributed by atoms with Crippen molar-refractivity contribution in [1.82, 2.24) is 10.6 Å². The molecular weight excluding hydrogens is 240 g/mol. The molecule has 1 aliphatic rings. The molecule has 1 aromatic rings. The van der Waals surface area contributed by atoms with Crippen LogP contribution in [0, 0.1) is 5.92 Å². The molecular formula is C15H22N2O2. The minimum Gasteiger partial charge on any atom is -0.379 e. The third-order valence-corrected chi connectivity index (χ3v) is 3.38. The van der Waals surface area contributed by atoms with Gasteiger partial charge in [-0.05, 0) is 18.5 Å². The average molecular weight is 262 g/mol. The first-order chi connectivity index (χ1) is 9.31. The summed E-state index contributed by atoms with van der Waals surface area (Å²) in [5.41, 5.74) is 1.12. The van der Waals surface area contributed by atoms with Crippen LogP contribution in [0.1, 0.15) is 18.9 Å². The summed E-state index contributed by atoms with van der Waals surface area (Å²) in [5, 5.41) is 6.36. The minimum atomic E-state index is -0.0738. The van der Waals surface area contributed by atoms with Gasteiger partial charge >= 0.3 is 0 Å². The number of carbonyl (C=O) groups excluding carboxylic acids is 1. The lowest BCUT2D eigenvalue weighted by molar-refractivity contribution is -0.125. The van der Waals surface area contributed by atoms with Crippen LogP contribution in [0.4, 0.5) is 0 Å². The lowest BCUT2D eigenvalue weighted by atomic mass is 10.0. The molecule has 0 radical (unpaired) electrons. The van der Waals surface area contributed by atoms with Crippen molar-refractivity contribution >= 4 is 5.91 Å². The van der Waals surface area contributed by atoms with Crippen LogP contribution in [0.2, 0.25) is 0 Å². The first-order valence-corrected chi connectivity index (χ1v) is 6.94. The van der Waals surface area contributed by atoms with E-state index in [2.05, 4.69) is 17.6 Å². The molecule has 2 N–H and O–H groups in total. The summed E-state index contributed by atoms with van der Waals surface area (Å²) in [6.07, 6.45) is 1.06. The Hall–Kier alpha value is -1.39. The zero-order chi connectivity index (χ0) is 13.5. The topological polar surface area (TPSA) is 50.4 Å². The van der Waals surface area contributed by atoms with E-state index in [9.17, 15) is 4.79 Å². The molecule has 0 saturated carbocycles. The molecule has 0 bridgehead atoms. The molecule has 2 rings (SSSR count). The number of rotatable bonds is 6. The number of hydrogen-bond donors (Lipinski definition) is 2. The van der Waals surface area contributed by atoms with Crippen LogP contribution in [-0.4, -0.2) is 31.7 Å². The van der Waals surface area contributed by atoms with E-state index in [1.165, 1.54) is 0 Å². The van der Waals surface area contributed by atoms with Gasteiger partial charge in [0.2, 0.25) is 5.91 Å². The zero-order valence-electron chi connectivity index (χ0n) is 11.4. The number of benzene rings is 1. The van der Waals surface area contributed by atoms with E-state index in [4.69, 9.17) is 4.74 Å². The third-order valence-electron chi connectivity index (χ3n) is 3.38. The van der Waals surface area contributed by atoms with Crippen molar-refractivity contribution in [2.75, 3.05) is 19.8 Å². The molecule has 1 aromatic carbocycles. The molecule has 1 saturated heterocycles. The maximum atomic E-state index is 12.2. The molecule has 0 aromatic heterocycles. The molecule has 19 heavy (non-hydrogen) atoms. The Morgan fingerprint density at radius 2 is 2.11 bits per heavy atom. The van der Waals surface area contributed by atoms with Crippen LogP contribution in [-0.2, 0) is 16.1 Å². The minimum absolute atomic E-state index is 0.0738. The number of amides is 1. The van der Waals surface area contributed by atoms with Crippen LogP contribution in [0.25, 0.3) is 0 Å². The Kier molecular flexibility index (Phi) is 5.36. The van der Waals surface area contributed by atoms with Crippen molar-refractivity contribution < 1.29 is 9.53 Å². The molecule has 0 aliphatic carbocycles. The second-order valence-electron chi connectivity index (χ2n) is 4.91. The van der Waals surface area contributed by atoms with E-state index in [0.29, 0.717) is 19.8 Å². The monoisotopic (exact) mass is 262 g/mol. The maximum absolute atomic E-state index is 12.2. The second kappa shape index (κ2) is 7.26. The van der Waals surface area contributed by atoms with Gasteiger partial charge in [-0.1, -0.05) is 37.3 Å². The number of ether oxygens (including phenoxy) is 1.